The number of nitrogens with zero attached hydrogens (tertiary/aromatic N) is 1. The number of carbonyl (C=O) groups excluding carboxylic acids is 2. The minimum Gasteiger partial charge on any atom is -0.397 e. The second-order valence-electron chi connectivity index (χ2n) is 5.98. The van der Waals surface area contributed by atoms with Crippen LogP contribution in [0.3, 0.4) is 0 Å². The summed E-state index contributed by atoms with van der Waals surface area (Å²) in [6.07, 6.45) is -0.0648. The number of carbonyl (C=O) groups is 2. The van der Waals surface area contributed by atoms with Crippen LogP contribution in [0.25, 0.3) is 10.4 Å². The molecule has 0 aliphatic heterocycles. The van der Waals surface area contributed by atoms with E-state index in [2.05, 4.69) is 5.32 Å². The Balaban J connectivity index is 1.74. The van der Waals surface area contributed by atoms with Gasteiger partial charge in [-0.3, -0.25) is 9.59 Å². The Morgan fingerprint density at radius 3 is 2.52 bits per heavy atom. The van der Waals surface area contributed by atoms with Crippen LogP contribution in [0.15, 0.2) is 60.0 Å². The Labute approximate surface area is 160 Å². The number of halogens is 1. The quantitative estimate of drug-likeness (QED) is 0.514. The maximum atomic E-state index is 12.8. The maximum Gasteiger partial charge on any atom is 0.255 e. The molecule has 1 heterocycles. The fourth-order valence-electron chi connectivity index (χ4n) is 2.51. The van der Waals surface area contributed by atoms with Crippen LogP contribution in [0.2, 0.25) is 0 Å². The van der Waals surface area contributed by atoms with Gasteiger partial charge in [0.25, 0.3) is 11.8 Å². The Morgan fingerprint density at radius 2 is 1.89 bits per heavy atom. The first kappa shape index (κ1) is 18.6. The summed E-state index contributed by atoms with van der Waals surface area (Å²) in [5, 5.41) is 4.84. The second kappa shape index (κ2) is 8.01. The van der Waals surface area contributed by atoms with Crippen LogP contribution in [0, 0.1) is 0 Å². The number of anilines is 2. The Morgan fingerprint density at radius 1 is 1.15 bits per heavy atom. The molecule has 138 valence electrons. The molecule has 2 amide bonds. The van der Waals surface area contributed by atoms with Crippen molar-refractivity contribution in [2.45, 2.75) is 6.42 Å². The van der Waals surface area contributed by atoms with Gasteiger partial charge in [0.2, 0.25) is 0 Å². The van der Waals surface area contributed by atoms with Crippen molar-refractivity contribution in [2.75, 3.05) is 18.1 Å². The van der Waals surface area contributed by atoms with Gasteiger partial charge >= 0.3 is 0 Å². The first-order valence-corrected chi connectivity index (χ1v) is 9.08. The van der Waals surface area contributed by atoms with Crippen LogP contribution in [0.5, 0.6) is 0 Å². The fourth-order valence-corrected chi connectivity index (χ4v) is 3.24. The Bertz CT molecular complexity index is 954. The smallest absolute Gasteiger partial charge is 0.255 e. The van der Waals surface area contributed by atoms with Crippen molar-refractivity contribution < 1.29 is 14.1 Å². The molecule has 0 saturated heterocycles. The van der Waals surface area contributed by atoms with E-state index in [-0.39, 0.29) is 17.5 Å². The zero-order chi connectivity index (χ0) is 19.4. The SMILES string of the molecule is CN(F)C(=O)Cc1ccc(C(=O)Nc2cc(-c3cccs3)ccc2N)cc1. The zero-order valence-corrected chi connectivity index (χ0v) is 15.4. The summed E-state index contributed by atoms with van der Waals surface area (Å²) >= 11 is 1.60. The van der Waals surface area contributed by atoms with Crippen LogP contribution >= 0.6 is 11.3 Å². The van der Waals surface area contributed by atoms with E-state index in [4.69, 9.17) is 5.73 Å². The van der Waals surface area contributed by atoms with Gasteiger partial charge in [-0.15, -0.1) is 11.3 Å². The topological polar surface area (TPSA) is 75.4 Å². The van der Waals surface area contributed by atoms with Gasteiger partial charge in [-0.2, -0.15) is 5.12 Å². The molecule has 0 saturated carbocycles. The lowest BCUT2D eigenvalue weighted by Gasteiger charge is -2.11. The highest BCUT2D eigenvalue weighted by atomic mass is 32.1. The molecular formula is C20H18FN3O2S. The van der Waals surface area contributed by atoms with Crippen molar-refractivity contribution in [3.05, 3.63) is 71.1 Å². The molecular weight excluding hydrogens is 365 g/mol. The molecule has 2 aromatic carbocycles. The van der Waals surface area contributed by atoms with Gasteiger partial charge in [-0.1, -0.05) is 28.7 Å². The molecule has 0 radical (unpaired) electrons. The van der Waals surface area contributed by atoms with E-state index in [1.165, 1.54) is 0 Å². The third-order valence-electron chi connectivity index (χ3n) is 4.02. The van der Waals surface area contributed by atoms with E-state index < -0.39 is 5.91 Å². The molecule has 0 fully saturated rings. The lowest BCUT2D eigenvalue weighted by molar-refractivity contribution is -0.142. The van der Waals surface area contributed by atoms with Crippen LogP contribution in [0.4, 0.5) is 15.9 Å². The highest BCUT2D eigenvalue weighted by Gasteiger charge is 2.12. The van der Waals surface area contributed by atoms with Crippen molar-refractivity contribution in [2.24, 2.45) is 0 Å². The average Bonchev–Trinajstić information content (AvgIpc) is 3.18. The molecule has 0 spiro atoms. The lowest BCUT2D eigenvalue weighted by Crippen LogP contribution is -2.19. The van der Waals surface area contributed by atoms with Gasteiger partial charge in [0, 0.05) is 17.5 Å². The fraction of sp³-hybridized carbons (Fsp3) is 0.100. The average molecular weight is 383 g/mol. The Kier molecular flexibility index (Phi) is 5.52. The van der Waals surface area contributed by atoms with Crippen molar-refractivity contribution >= 4 is 34.5 Å². The van der Waals surface area contributed by atoms with Gasteiger partial charge in [0.15, 0.2) is 0 Å². The summed E-state index contributed by atoms with van der Waals surface area (Å²) in [4.78, 5) is 25.0. The van der Waals surface area contributed by atoms with Crippen molar-refractivity contribution in [3.63, 3.8) is 0 Å². The van der Waals surface area contributed by atoms with E-state index in [1.54, 1.807) is 41.7 Å². The van der Waals surface area contributed by atoms with E-state index >= 15 is 0 Å². The molecule has 0 atom stereocenters. The van der Waals surface area contributed by atoms with E-state index in [1.807, 2.05) is 29.6 Å². The number of nitrogens with two attached hydrogens (primary N) is 1. The van der Waals surface area contributed by atoms with Gasteiger partial charge in [0.05, 0.1) is 17.8 Å². The standard InChI is InChI=1S/C20H18FN3O2S/c1-24(21)19(25)11-13-4-6-14(7-5-13)20(26)23-17-12-15(8-9-16(17)22)18-3-2-10-27-18/h2-10,12H,11,22H2,1H3,(H,23,26). The number of amides is 2. The third-order valence-corrected chi connectivity index (χ3v) is 4.94. The molecule has 0 bridgehead atoms. The van der Waals surface area contributed by atoms with Gasteiger partial charge in [-0.05, 0) is 46.8 Å². The summed E-state index contributed by atoms with van der Waals surface area (Å²) < 4.78 is 12.8. The maximum absolute atomic E-state index is 12.8. The number of likely N-dealkylation sites (N-methyl/N-ethyl adjacent to an activating group) is 1. The summed E-state index contributed by atoms with van der Waals surface area (Å²) in [7, 11) is 1.05. The molecule has 3 aromatic rings. The monoisotopic (exact) mass is 383 g/mol. The molecule has 3 rings (SSSR count). The highest BCUT2D eigenvalue weighted by molar-refractivity contribution is 7.13. The van der Waals surface area contributed by atoms with E-state index in [9.17, 15) is 14.1 Å². The predicted octanol–water partition coefficient (Wildman–Crippen LogP) is 4.14. The second-order valence-corrected chi connectivity index (χ2v) is 6.93. The number of nitrogen functional groups attached to an aromatic ring is 1. The minimum atomic E-state index is -0.648. The van der Waals surface area contributed by atoms with Crippen LogP contribution in [-0.4, -0.2) is 24.0 Å². The highest BCUT2D eigenvalue weighted by Crippen LogP contribution is 2.30. The molecule has 3 N–H and O–H groups in total. The number of thiophene rings is 1. The van der Waals surface area contributed by atoms with Crippen molar-refractivity contribution in [3.8, 4) is 10.4 Å². The predicted molar refractivity (Wildman–Crippen MR) is 106 cm³/mol. The lowest BCUT2D eigenvalue weighted by atomic mass is 10.1. The van der Waals surface area contributed by atoms with Crippen molar-refractivity contribution in [1.29, 1.82) is 0 Å². The molecule has 5 nitrogen and oxygen atoms in total. The first-order chi connectivity index (χ1) is 12.9. The van der Waals surface area contributed by atoms with Gasteiger partial charge in [-0.25, -0.2) is 0 Å². The number of hydrogen-bond donors (Lipinski definition) is 2. The largest absolute Gasteiger partial charge is 0.397 e. The normalized spacial score (nSPS) is 10.4. The van der Waals surface area contributed by atoms with Gasteiger partial charge in [0.1, 0.15) is 0 Å². The first-order valence-electron chi connectivity index (χ1n) is 8.20. The minimum absolute atomic E-state index is 0.0456. The Hall–Kier alpha value is -3.19. The summed E-state index contributed by atoms with van der Waals surface area (Å²) in [5.41, 5.74) is 9.00. The van der Waals surface area contributed by atoms with Crippen LogP contribution in [0.1, 0.15) is 15.9 Å². The number of nitrogens with one attached hydrogen (secondary N) is 1. The van der Waals surface area contributed by atoms with Crippen LogP contribution < -0.4 is 11.1 Å². The third kappa shape index (κ3) is 4.51. The summed E-state index contributed by atoms with van der Waals surface area (Å²) in [6, 6.07) is 15.9. The molecule has 7 heteroatoms. The molecule has 0 aliphatic rings. The summed E-state index contributed by atoms with van der Waals surface area (Å²) in [5.74, 6) is -0.962. The summed E-state index contributed by atoms with van der Waals surface area (Å²) in [6.45, 7) is 0. The van der Waals surface area contributed by atoms with Gasteiger partial charge < -0.3 is 11.1 Å². The molecule has 0 aliphatic carbocycles. The molecule has 1 aromatic heterocycles. The number of hydrogen-bond acceptors (Lipinski definition) is 4. The molecule has 0 unspecified atom stereocenters. The number of rotatable bonds is 5. The number of benzene rings is 2. The van der Waals surface area contributed by atoms with Crippen LogP contribution in [-0.2, 0) is 11.2 Å². The van der Waals surface area contributed by atoms with E-state index in [0.29, 0.717) is 22.5 Å². The van der Waals surface area contributed by atoms with Crippen molar-refractivity contribution in [1.82, 2.24) is 5.12 Å². The zero-order valence-electron chi connectivity index (χ0n) is 14.6. The molecule has 27 heavy (non-hydrogen) atoms. The van der Waals surface area contributed by atoms with E-state index in [0.717, 1.165) is 17.5 Å².